The van der Waals surface area contributed by atoms with Crippen LogP contribution in [0, 0.1) is 13.8 Å². The summed E-state index contributed by atoms with van der Waals surface area (Å²) in [5.74, 6) is 0. The quantitative estimate of drug-likeness (QED) is 0.606. The average Bonchev–Trinajstić information content (AvgIpc) is 2.45. The van der Waals surface area contributed by atoms with E-state index in [1.807, 2.05) is 6.20 Å². The molecule has 0 aliphatic heterocycles. The van der Waals surface area contributed by atoms with Crippen LogP contribution in [-0.2, 0) is 0 Å². The number of aryl methyl sites for hydroxylation is 2. The van der Waals surface area contributed by atoms with Gasteiger partial charge in [0.2, 0.25) is 0 Å². The zero-order valence-corrected chi connectivity index (χ0v) is 6.68. The summed E-state index contributed by atoms with van der Waals surface area (Å²) in [5.41, 5.74) is 3.69. The predicted molar refractivity (Wildman–Crippen MR) is 45.6 cm³/mol. The second-order valence-electron chi connectivity index (χ2n) is 2.86. The molecular weight excluding hydrogens is 136 g/mol. The van der Waals surface area contributed by atoms with Crippen LogP contribution in [0.15, 0.2) is 18.3 Å². The molecule has 0 aliphatic rings. The minimum atomic E-state index is 1.16. The number of nitrogens with zero attached hydrogens (tertiary/aromatic N) is 1. The number of hydrogen-bond donors (Lipinski definition) is 1. The lowest BCUT2D eigenvalue weighted by atomic mass is 10.1. The Balaban J connectivity index is 2.96. The maximum atomic E-state index is 4.00. The van der Waals surface area contributed by atoms with Crippen LogP contribution >= 0.6 is 0 Å². The maximum Gasteiger partial charge on any atom is 0.0682 e. The van der Waals surface area contributed by atoms with Crippen molar-refractivity contribution in [3.63, 3.8) is 0 Å². The lowest BCUT2D eigenvalue weighted by molar-refractivity contribution is 1.11. The normalized spacial score (nSPS) is 10.7. The second kappa shape index (κ2) is 2.09. The minimum absolute atomic E-state index is 1.16. The molecule has 0 saturated heterocycles. The second-order valence-corrected chi connectivity index (χ2v) is 2.86. The zero-order valence-electron chi connectivity index (χ0n) is 6.68. The number of hydrogen-bond acceptors (Lipinski definition) is 1. The highest BCUT2D eigenvalue weighted by molar-refractivity contribution is 5.84. The third-order valence-electron chi connectivity index (χ3n) is 2.04. The highest BCUT2D eigenvalue weighted by atomic mass is 15.1. The molecule has 0 spiro atoms. The molecule has 0 fully saturated rings. The van der Waals surface area contributed by atoms with E-state index in [0.717, 1.165) is 5.52 Å². The first-order chi connectivity index (χ1) is 5.29. The summed E-state index contributed by atoms with van der Waals surface area (Å²) < 4.78 is 0. The fraction of sp³-hybridized carbons (Fsp3) is 0.222. The van der Waals surface area contributed by atoms with E-state index in [1.54, 1.807) is 0 Å². The molecule has 2 aromatic rings. The molecule has 1 aromatic carbocycles. The molecule has 0 unspecified atom stereocenters. The fourth-order valence-electron chi connectivity index (χ4n) is 1.31. The summed E-state index contributed by atoms with van der Waals surface area (Å²) in [7, 11) is 0. The van der Waals surface area contributed by atoms with Crippen LogP contribution in [0.3, 0.4) is 0 Å². The van der Waals surface area contributed by atoms with E-state index in [4.69, 9.17) is 0 Å². The van der Waals surface area contributed by atoms with Gasteiger partial charge in [-0.15, -0.1) is 0 Å². The molecule has 0 aliphatic carbocycles. The topological polar surface area (TPSA) is 28.7 Å². The Kier molecular flexibility index (Phi) is 1.22. The molecule has 1 heterocycles. The van der Waals surface area contributed by atoms with Gasteiger partial charge in [-0.2, -0.15) is 5.10 Å². The van der Waals surface area contributed by atoms with Crippen LogP contribution in [0.4, 0.5) is 0 Å². The molecule has 2 heteroatoms. The maximum absolute atomic E-state index is 4.00. The van der Waals surface area contributed by atoms with Crippen LogP contribution in [0.25, 0.3) is 10.9 Å². The first kappa shape index (κ1) is 6.40. The molecular formula is C9H10N2. The van der Waals surface area contributed by atoms with Gasteiger partial charge in [-0.1, -0.05) is 12.1 Å². The van der Waals surface area contributed by atoms with Crippen molar-refractivity contribution in [3.05, 3.63) is 29.5 Å². The number of rotatable bonds is 0. The van der Waals surface area contributed by atoms with Crippen LogP contribution < -0.4 is 0 Å². The first-order valence-electron chi connectivity index (χ1n) is 3.68. The molecule has 2 rings (SSSR count). The van der Waals surface area contributed by atoms with Gasteiger partial charge in [-0.25, -0.2) is 0 Å². The Hall–Kier alpha value is -1.31. The SMILES string of the molecule is Cc1ccc(C)c2[nH]ncc12. The molecule has 1 aromatic heterocycles. The summed E-state index contributed by atoms with van der Waals surface area (Å²) in [4.78, 5) is 0. The van der Waals surface area contributed by atoms with E-state index in [1.165, 1.54) is 16.5 Å². The average molecular weight is 146 g/mol. The Morgan fingerprint density at radius 2 is 1.91 bits per heavy atom. The first-order valence-corrected chi connectivity index (χ1v) is 3.68. The Labute approximate surface area is 65.2 Å². The van der Waals surface area contributed by atoms with Crippen LogP contribution in [0.5, 0.6) is 0 Å². The third-order valence-corrected chi connectivity index (χ3v) is 2.04. The highest BCUT2D eigenvalue weighted by Crippen LogP contribution is 2.18. The molecule has 0 bridgehead atoms. The summed E-state index contributed by atoms with van der Waals surface area (Å²) in [6.45, 7) is 4.18. The van der Waals surface area contributed by atoms with Crippen molar-refractivity contribution in [1.82, 2.24) is 10.2 Å². The predicted octanol–water partition coefficient (Wildman–Crippen LogP) is 2.18. The van der Waals surface area contributed by atoms with Crippen molar-refractivity contribution in [1.29, 1.82) is 0 Å². The number of H-pyrrole nitrogens is 1. The van der Waals surface area contributed by atoms with E-state index < -0.39 is 0 Å². The highest BCUT2D eigenvalue weighted by Gasteiger charge is 2.00. The monoisotopic (exact) mass is 146 g/mol. The number of aromatic amines is 1. The van der Waals surface area contributed by atoms with Gasteiger partial charge in [0.25, 0.3) is 0 Å². The van der Waals surface area contributed by atoms with Gasteiger partial charge in [0.05, 0.1) is 11.7 Å². The zero-order chi connectivity index (χ0) is 7.84. The van der Waals surface area contributed by atoms with Gasteiger partial charge in [0.15, 0.2) is 0 Å². The molecule has 0 radical (unpaired) electrons. The lowest BCUT2D eigenvalue weighted by Gasteiger charge is -1.96. The molecule has 2 nitrogen and oxygen atoms in total. The Morgan fingerprint density at radius 3 is 2.64 bits per heavy atom. The molecule has 0 amide bonds. The smallest absolute Gasteiger partial charge is 0.0682 e. The van der Waals surface area contributed by atoms with Crippen molar-refractivity contribution in [3.8, 4) is 0 Å². The summed E-state index contributed by atoms with van der Waals surface area (Å²) in [5, 5.41) is 8.20. The number of aromatic nitrogens is 2. The largest absolute Gasteiger partial charge is 0.278 e. The van der Waals surface area contributed by atoms with E-state index in [-0.39, 0.29) is 0 Å². The van der Waals surface area contributed by atoms with Gasteiger partial charge in [0, 0.05) is 5.39 Å². The number of nitrogens with one attached hydrogen (secondary N) is 1. The molecule has 0 saturated carbocycles. The van der Waals surface area contributed by atoms with Gasteiger partial charge in [-0.3, -0.25) is 5.10 Å². The fourth-order valence-corrected chi connectivity index (χ4v) is 1.31. The molecule has 56 valence electrons. The van der Waals surface area contributed by atoms with E-state index in [9.17, 15) is 0 Å². The van der Waals surface area contributed by atoms with Gasteiger partial charge >= 0.3 is 0 Å². The van der Waals surface area contributed by atoms with E-state index >= 15 is 0 Å². The lowest BCUT2D eigenvalue weighted by Crippen LogP contribution is -1.78. The van der Waals surface area contributed by atoms with Crippen molar-refractivity contribution in [2.75, 3.05) is 0 Å². The molecule has 11 heavy (non-hydrogen) atoms. The summed E-state index contributed by atoms with van der Waals surface area (Å²) in [6.07, 6.45) is 1.87. The third kappa shape index (κ3) is 0.827. The van der Waals surface area contributed by atoms with Crippen molar-refractivity contribution >= 4 is 10.9 Å². The van der Waals surface area contributed by atoms with Gasteiger partial charge in [0.1, 0.15) is 0 Å². The molecule has 0 atom stereocenters. The van der Waals surface area contributed by atoms with E-state index in [0.29, 0.717) is 0 Å². The van der Waals surface area contributed by atoms with Gasteiger partial charge < -0.3 is 0 Å². The standard InChI is InChI=1S/C9H10N2/c1-6-3-4-7(2)9-8(6)5-10-11-9/h3-5H,1-2H3,(H,10,11). The Morgan fingerprint density at radius 1 is 1.18 bits per heavy atom. The number of benzene rings is 1. The van der Waals surface area contributed by atoms with Crippen molar-refractivity contribution in [2.45, 2.75) is 13.8 Å². The molecule has 1 N–H and O–H groups in total. The summed E-state index contributed by atoms with van der Waals surface area (Å²) >= 11 is 0. The van der Waals surface area contributed by atoms with Crippen LogP contribution in [0.1, 0.15) is 11.1 Å². The van der Waals surface area contributed by atoms with Crippen molar-refractivity contribution in [2.24, 2.45) is 0 Å². The number of fused-ring (bicyclic) bond motifs is 1. The summed E-state index contributed by atoms with van der Waals surface area (Å²) in [6, 6.07) is 4.23. The van der Waals surface area contributed by atoms with Crippen molar-refractivity contribution < 1.29 is 0 Å². The van der Waals surface area contributed by atoms with Crippen LogP contribution in [0.2, 0.25) is 0 Å². The van der Waals surface area contributed by atoms with E-state index in [2.05, 4.69) is 36.2 Å². The Bertz CT molecular complexity index is 351. The van der Waals surface area contributed by atoms with Gasteiger partial charge in [-0.05, 0) is 25.0 Å². The van der Waals surface area contributed by atoms with Crippen LogP contribution in [-0.4, -0.2) is 10.2 Å². The minimum Gasteiger partial charge on any atom is -0.278 e.